The topological polar surface area (TPSA) is 30.0 Å². The number of hydrogen-bond donors (Lipinski definition) is 0. The average Bonchev–Trinajstić information content (AvgIpc) is 3.15. The predicted octanol–water partition coefficient (Wildman–Crippen LogP) is 6.81. The van der Waals surface area contributed by atoms with E-state index < -0.39 is 17.5 Å². The van der Waals surface area contributed by atoms with Crippen LogP contribution in [0.15, 0.2) is 18.2 Å². The number of hydrogen-bond acceptors (Lipinski definition) is 3. The molecule has 0 atom stereocenters. The monoisotopic (exact) mass is 429 g/mol. The van der Waals surface area contributed by atoms with Crippen LogP contribution < -0.4 is 0 Å². The largest absolute Gasteiger partial charge is 0.454 e. The molecule has 2 nitrogen and oxygen atoms in total. The first-order valence-electron chi connectivity index (χ1n) is 8.20. The van der Waals surface area contributed by atoms with Crippen molar-refractivity contribution >= 4 is 50.5 Å². The van der Waals surface area contributed by atoms with Crippen molar-refractivity contribution in [3.8, 4) is 11.1 Å². The van der Waals surface area contributed by atoms with Crippen molar-refractivity contribution in [2.45, 2.75) is 32.4 Å². The zero-order valence-electron chi connectivity index (χ0n) is 14.0. The fourth-order valence-electron chi connectivity index (χ4n) is 3.60. The maximum Gasteiger partial charge on any atom is 0.454 e. The number of pyridine rings is 1. The van der Waals surface area contributed by atoms with Crippen molar-refractivity contribution < 1.29 is 18.0 Å². The summed E-state index contributed by atoms with van der Waals surface area (Å²) in [5.41, 5.74) is 1.31. The minimum atomic E-state index is -5.00. The summed E-state index contributed by atoms with van der Waals surface area (Å²) in [5, 5.41) is 1.14. The molecule has 0 spiro atoms. The second-order valence-electron chi connectivity index (χ2n) is 6.44. The number of benzene rings is 1. The van der Waals surface area contributed by atoms with Crippen LogP contribution in [0.1, 0.15) is 32.9 Å². The Hall–Kier alpha value is -1.63. The number of aryl methyl sites for hydroxylation is 3. The van der Waals surface area contributed by atoms with Gasteiger partial charge in [-0.05, 0) is 49.4 Å². The van der Waals surface area contributed by atoms with E-state index in [1.165, 1.54) is 30.4 Å². The van der Waals surface area contributed by atoms with Gasteiger partial charge in [-0.1, -0.05) is 29.3 Å². The van der Waals surface area contributed by atoms with E-state index in [1.807, 2.05) is 0 Å². The Morgan fingerprint density at radius 2 is 1.93 bits per heavy atom. The normalized spacial score (nSPS) is 14.0. The summed E-state index contributed by atoms with van der Waals surface area (Å²) >= 11 is 13.6. The predicted molar refractivity (Wildman–Crippen MR) is 102 cm³/mol. The van der Waals surface area contributed by atoms with Gasteiger partial charge in [-0.3, -0.25) is 4.79 Å². The summed E-state index contributed by atoms with van der Waals surface area (Å²) in [6, 6.07) is 4.62. The lowest BCUT2D eigenvalue weighted by Crippen LogP contribution is -2.25. The fourth-order valence-corrected chi connectivity index (χ4v) is 5.22. The summed E-state index contributed by atoms with van der Waals surface area (Å²) in [4.78, 5) is 18.4. The van der Waals surface area contributed by atoms with Crippen LogP contribution in [-0.4, -0.2) is 16.9 Å². The molecule has 140 valence electrons. The third kappa shape index (κ3) is 3.04. The molecule has 2 aromatic heterocycles. The standard InChI is InChI=1S/C19H12Cl2F3NOS/c1-8-14(17(26)19(22,23)24)15(9-5-6-11(20)12(21)7-9)16-10-3-2-4-13(10)27-18(16)25-8/h5-7H,2-4H2,1H3. The number of nitrogens with zero attached hydrogens (tertiary/aromatic N) is 1. The van der Waals surface area contributed by atoms with E-state index in [0.717, 1.165) is 29.7 Å². The number of rotatable bonds is 2. The third-order valence-corrected chi connectivity index (χ3v) is 6.65. The highest BCUT2D eigenvalue weighted by Crippen LogP contribution is 2.45. The smallest absolute Gasteiger partial charge is 0.284 e. The molecule has 1 aliphatic rings. The summed E-state index contributed by atoms with van der Waals surface area (Å²) in [7, 11) is 0. The molecule has 2 heterocycles. The third-order valence-electron chi connectivity index (χ3n) is 4.73. The number of thiophene rings is 1. The molecular formula is C19H12Cl2F3NOS. The van der Waals surface area contributed by atoms with Crippen LogP contribution >= 0.6 is 34.5 Å². The molecule has 27 heavy (non-hydrogen) atoms. The van der Waals surface area contributed by atoms with E-state index in [9.17, 15) is 18.0 Å². The molecule has 0 N–H and O–H groups in total. The summed E-state index contributed by atoms with van der Waals surface area (Å²) < 4.78 is 40.0. The minimum absolute atomic E-state index is 0.0609. The van der Waals surface area contributed by atoms with Crippen LogP contribution in [0, 0.1) is 6.92 Å². The van der Waals surface area contributed by atoms with Crippen molar-refractivity contribution in [1.29, 1.82) is 0 Å². The summed E-state index contributed by atoms with van der Waals surface area (Å²) in [6.45, 7) is 1.43. The summed E-state index contributed by atoms with van der Waals surface area (Å²) in [6.07, 6.45) is -2.43. The van der Waals surface area contributed by atoms with Crippen LogP contribution in [0.25, 0.3) is 21.3 Å². The van der Waals surface area contributed by atoms with Crippen molar-refractivity contribution in [1.82, 2.24) is 4.98 Å². The first-order valence-corrected chi connectivity index (χ1v) is 9.77. The lowest BCUT2D eigenvalue weighted by Gasteiger charge is -2.16. The maximum absolute atomic E-state index is 13.3. The first-order chi connectivity index (χ1) is 12.7. The number of fused-ring (bicyclic) bond motifs is 3. The lowest BCUT2D eigenvalue weighted by atomic mass is 9.91. The molecule has 0 saturated carbocycles. The Morgan fingerprint density at radius 1 is 1.19 bits per heavy atom. The molecule has 4 rings (SSSR count). The maximum atomic E-state index is 13.3. The number of alkyl halides is 3. The molecule has 0 unspecified atom stereocenters. The Morgan fingerprint density at radius 3 is 2.59 bits per heavy atom. The lowest BCUT2D eigenvalue weighted by molar-refractivity contribution is -0.0885. The van der Waals surface area contributed by atoms with Gasteiger partial charge < -0.3 is 0 Å². The van der Waals surface area contributed by atoms with Gasteiger partial charge in [0.2, 0.25) is 0 Å². The van der Waals surface area contributed by atoms with Crippen LogP contribution in [0.3, 0.4) is 0 Å². The van der Waals surface area contributed by atoms with E-state index in [-0.39, 0.29) is 16.3 Å². The summed E-state index contributed by atoms with van der Waals surface area (Å²) in [5.74, 6) is -1.89. The Bertz CT molecular complexity index is 1100. The average molecular weight is 430 g/mol. The molecule has 0 amide bonds. The number of aromatic nitrogens is 1. The molecule has 0 bridgehead atoms. The van der Waals surface area contributed by atoms with E-state index in [4.69, 9.17) is 23.2 Å². The quantitative estimate of drug-likeness (QED) is 0.418. The minimum Gasteiger partial charge on any atom is -0.284 e. The van der Waals surface area contributed by atoms with Gasteiger partial charge in [0, 0.05) is 15.8 Å². The SMILES string of the molecule is Cc1nc2sc3c(c2c(-c2ccc(Cl)c(Cl)c2)c1C(=O)C(F)(F)F)CCC3. The highest BCUT2D eigenvalue weighted by atomic mass is 35.5. The Balaban J connectivity index is 2.14. The Kier molecular flexibility index (Phi) is 4.48. The molecule has 0 radical (unpaired) electrons. The first kappa shape index (κ1) is 18.7. The van der Waals surface area contributed by atoms with Crippen molar-refractivity contribution in [2.24, 2.45) is 0 Å². The van der Waals surface area contributed by atoms with E-state index >= 15 is 0 Å². The van der Waals surface area contributed by atoms with Crippen molar-refractivity contribution in [3.63, 3.8) is 0 Å². The van der Waals surface area contributed by atoms with E-state index in [1.54, 1.807) is 6.07 Å². The van der Waals surface area contributed by atoms with Gasteiger partial charge in [-0.25, -0.2) is 4.98 Å². The van der Waals surface area contributed by atoms with Gasteiger partial charge in [0.05, 0.1) is 21.3 Å². The zero-order valence-corrected chi connectivity index (χ0v) is 16.3. The van der Waals surface area contributed by atoms with Gasteiger partial charge in [0.25, 0.3) is 5.78 Å². The number of ketones is 1. The molecule has 0 aliphatic heterocycles. The van der Waals surface area contributed by atoms with Crippen LogP contribution in [-0.2, 0) is 12.8 Å². The van der Waals surface area contributed by atoms with Gasteiger partial charge in [0.1, 0.15) is 4.83 Å². The van der Waals surface area contributed by atoms with Crippen molar-refractivity contribution in [3.05, 3.63) is 49.9 Å². The van der Waals surface area contributed by atoms with Crippen LogP contribution in [0.2, 0.25) is 10.0 Å². The number of carbonyl (C=O) groups is 1. The fraction of sp³-hybridized carbons (Fsp3) is 0.263. The van der Waals surface area contributed by atoms with Crippen molar-refractivity contribution in [2.75, 3.05) is 0 Å². The molecular weight excluding hydrogens is 418 g/mol. The molecule has 0 fully saturated rings. The van der Waals surface area contributed by atoms with E-state index in [2.05, 4.69) is 4.98 Å². The van der Waals surface area contributed by atoms with Gasteiger partial charge in [-0.2, -0.15) is 13.2 Å². The van der Waals surface area contributed by atoms with Gasteiger partial charge >= 0.3 is 6.18 Å². The number of halogens is 5. The highest BCUT2D eigenvalue weighted by Gasteiger charge is 2.42. The second kappa shape index (κ2) is 6.47. The van der Waals surface area contributed by atoms with Gasteiger partial charge in [0.15, 0.2) is 0 Å². The molecule has 1 aromatic carbocycles. The van der Waals surface area contributed by atoms with Crippen LogP contribution in [0.4, 0.5) is 13.2 Å². The van der Waals surface area contributed by atoms with E-state index in [0.29, 0.717) is 20.8 Å². The number of Topliss-reactive ketones (excluding diaryl/α,β-unsaturated/α-hetero) is 1. The van der Waals surface area contributed by atoms with Crippen LogP contribution in [0.5, 0.6) is 0 Å². The molecule has 8 heteroatoms. The van der Waals surface area contributed by atoms with Gasteiger partial charge in [-0.15, -0.1) is 11.3 Å². The highest BCUT2D eigenvalue weighted by molar-refractivity contribution is 7.19. The molecule has 3 aromatic rings. The molecule has 0 saturated heterocycles. The zero-order chi connectivity index (χ0) is 19.5. The Labute approximate surface area is 166 Å². The number of carbonyl (C=O) groups excluding carboxylic acids is 1. The molecule has 1 aliphatic carbocycles. The second-order valence-corrected chi connectivity index (χ2v) is 8.34.